The predicted octanol–water partition coefficient (Wildman–Crippen LogP) is 5.04. The molecule has 4 bridgehead atoms. The third-order valence-corrected chi connectivity index (χ3v) is 16.5. The van der Waals surface area contributed by atoms with Gasteiger partial charge in [0.2, 0.25) is 0 Å². The van der Waals surface area contributed by atoms with E-state index in [-0.39, 0.29) is 59.4 Å². The number of carbonyl (C=O) groups excluding carboxylic acids is 5. The Morgan fingerprint density at radius 2 is 1.35 bits per heavy atom. The van der Waals surface area contributed by atoms with Crippen LogP contribution in [0.3, 0.4) is 0 Å². The van der Waals surface area contributed by atoms with Gasteiger partial charge in [-0.1, -0.05) is 51.4 Å². The summed E-state index contributed by atoms with van der Waals surface area (Å²) in [5.74, 6) is 1.36. The van der Waals surface area contributed by atoms with Crippen LogP contribution in [0.2, 0.25) is 0 Å². The lowest BCUT2D eigenvalue weighted by Gasteiger charge is -2.65. The molecule has 4 atom stereocenters. The smallest absolute Gasteiger partial charge is 0.312 e. The van der Waals surface area contributed by atoms with Crippen LogP contribution >= 0.6 is 0 Å². The number of hydrogen-bond acceptors (Lipinski definition) is 7. The average molecular weight is 707 g/mol. The highest BCUT2D eigenvalue weighted by Crippen LogP contribution is 2.67. The maximum absolute atomic E-state index is 14.9. The first kappa shape index (κ1) is 35.5. The van der Waals surface area contributed by atoms with E-state index in [0.717, 1.165) is 89.9 Å². The zero-order valence-electron chi connectivity index (χ0n) is 31.4. The lowest BCUT2D eigenvalue weighted by atomic mass is 9.42. The summed E-state index contributed by atoms with van der Waals surface area (Å²) < 4.78 is 0. The molecule has 51 heavy (non-hydrogen) atoms. The molecule has 3 aliphatic heterocycles. The largest absolute Gasteiger partial charge is 0.328 e. The molecule has 0 aromatic heterocycles. The van der Waals surface area contributed by atoms with Crippen molar-refractivity contribution >= 4 is 29.7 Å². The Kier molecular flexibility index (Phi) is 9.12. The number of nitrogens with zero attached hydrogens (tertiary/aromatic N) is 3. The van der Waals surface area contributed by atoms with Crippen LogP contribution in [-0.2, 0) is 14.4 Å². The summed E-state index contributed by atoms with van der Waals surface area (Å²) in [4.78, 5) is 75.5. The van der Waals surface area contributed by atoms with E-state index in [9.17, 15) is 24.0 Å². The number of ketones is 1. The monoisotopic (exact) mass is 706 g/mol. The molecule has 0 spiro atoms. The maximum atomic E-state index is 14.9. The van der Waals surface area contributed by atoms with Crippen molar-refractivity contribution in [2.45, 2.75) is 134 Å². The van der Waals surface area contributed by atoms with E-state index in [4.69, 9.17) is 0 Å². The molecule has 0 aromatic rings. The van der Waals surface area contributed by atoms with Gasteiger partial charge in [0.25, 0.3) is 11.8 Å². The van der Waals surface area contributed by atoms with Gasteiger partial charge in [0.15, 0.2) is 5.78 Å². The van der Waals surface area contributed by atoms with Crippen LogP contribution in [0.15, 0.2) is 0 Å². The van der Waals surface area contributed by atoms with Crippen molar-refractivity contribution in [3.8, 4) is 0 Å². The number of hydrogen-bond donors (Lipinski definition) is 3. The van der Waals surface area contributed by atoms with Crippen LogP contribution in [0.25, 0.3) is 0 Å². The van der Waals surface area contributed by atoms with Gasteiger partial charge < -0.3 is 20.4 Å². The second-order valence-corrected chi connectivity index (χ2v) is 18.7. The molecule has 9 rings (SSSR count). The molecule has 6 aliphatic carbocycles. The highest BCUT2D eigenvalue weighted by atomic mass is 16.2. The average Bonchev–Trinajstić information content (AvgIpc) is 3.42. The Labute approximate surface area is 304 Å². The Bertz CT molecular complexity index is 1420. The molecular formula is C40H62N6O5. The third-order valence-electron chi connectivity index (χ3n) is 16.5. The molecular weight excluding hydrogens is 644 g/mol. The number of imide groups is 2. The van der Waals surface area contributed by atoms with Gasteiger partial charge in [-0.25, -0.2) is 9.59 Å². The Hall–Kier alpha value is -2.53. The highest BCUT2D eigenvalue weighted by molar-refractivity contribution is 6.10. The third kappa shape index (κ3) is 5.35. The van der Waals surface area contributed by atoms with Gasteiger partial charge in [-0.15, -0.1) is 0 Å². The van der Waals surface area contributed by atoms with Crippen molar-refractivity contribution in [3.05, 3.63) is 0 Å². The Morgan fingerprint density at radius 3 is 1.94 bits per heavy atom. The second kappa shape index (κ2) is 13.1. The fraction of sp³-hybridized carbons (Fsp3) is 0.875. The lowest BCUT2D eigenvalue weighted by molar-refractivity contribution is -0.166. The van der Waals surface area contributed by atoms with Crippen LogP contribution in [0.1, 0.15) is 123 Å². The van der Waals surface area contributed by atoms with Crippen molar-refractivity contribution < 1.29 is 24.0 Å². The zero-order chi connectivity index (χ0) is 35.8. The summed E-state index contributed by atoms with van der Waals surface area (Å²) in [6, 6.07) is -0.591. The van der Waals surface area contributed by atoms with Crippen LogP contribution in [0, 0.1) is 46.3 Å². The molecule has 0 aromatic carbocycles. The minimum Gasteiger partial charge on any atom is -0.312 e. The first-order valence-electron chi connectivity index (χ1n) is 20.6. The summed E-state index contributed by atoms with van der Waals surface area (Å²) in [6.45, 7) is 6.21. The van der Waals surface area contributed by atoms with E-state index in [2.05, 4.69) is 16.0 Å². The summed E-state index contributed by atoms with van der Waals surface area (Å²) in [7, 11) is 1.76. The minimum atomic E-state index is -0.968. The molecule has 6 saturated carbocycles. The number of Topliss-reactive ketones (excluding diaryl/α,β-unsaturated/α-hetero) is 1. The lowest BCUT2D eigenvalue weighted by Crippen LogP contribution is -2.67. The standard InChI is InChI=1S/C40H62N6O5/c1-37(29-12-10-7-11-13-29)34(49)45(22-32(47)40(23-41-25-42-24-40)30-14-8-5-4-6-9-15-30)36(51)46(37)21-31-27-16-26-17-28(31)20-39(18-26,19-27)38(2)33(48)43-35(50)44(38)3/h26-31,41-42H,4-25H2,1-3H3,(H,43,48,50). The highest BCUT2D eigenvalue weighted by Gasteiger charge is 2.69. The van der Waals surface area contributed by atoms with Crippen LogP contribution in [-0.4, -0.2) is 95.3 Å². The second-order valence-electron chi connectivity index (χ2n) is 18.7. The van der Waals surface area contributed by atoms with Crippen molar-refractivity contribution in [1.82, 2.24) is 30.7 Å². The first-order valence-corrected chi connectivity index (χ1v) is 20.6. The molecule has 3 N–H and O–H groups in total. The van der Waals surface area contributed by atoms with E-state index in [1.807, 2.05) is 18.7 Å². The van der Waals surface area contributed by atoms with Gasteiger partial charge in [-0.3, -0.25) is 24.6 Å². The first-order chi connectivity index (χ1) is 24.4. The molecule has 9 aliphatic rings. The van der Waals surface area contributed by atoms with E-state index in [0.29, 0.717) is 44.1 Å². The van der Waals surface area contributed by atoms with Gasteiger partial charge >= 0.3 is 12.1 Å². The molecule has 3 heterocycles. The molecule has 6 amide bonds. The van der Waals surface area contributed by atoms with Gasteiger partial charge in [-0.05, 0) is 107 Å². The van der Waals surface area contributed by atoms with E-state index in [1.165, 1.54) is 24.2 Å². The molecule has 282 valence electrons. The zero-order valence-corrected chi connectivity index (χ0v) is 31.4. The van der Waals surface area contributed by atoms with Crippen LogP contribution < -0.4 is 16.0 Å². The Balaban J connectivity index is 1.07. The number of nitrogens with one attached hydrogen (secondary N) is 3. The van der Waals surface area contributed by atoms with Crippen molar-refractivity contribution in [2.75, 3.05) is 39.9 Å². The van der Waals surface area contributed by atoms with Gasteiger partial charge in [0.1, 0.15) is 11.1 Å². The molecule has 0 radical (unpaired) electrons. The van der Waals surface area contributed by atoms with Gasteiger partial charge in [0, 0.05) is 38.8 Å². The number of carbonyl (C=O) groups is 5. The predicted molar refractivity (Wildman–Crippen MR) is 192 cm³/mol. The number of urea groups is 2. The SMILES string of the molecule is CN1C(=O)NC(=O)C1(C)C12CC3CC(C1)C(CN1C(=O)N(CC(=O)C4(C5CCCCCCC5)CNCNC4)C(=O)C1(C)C1CCCCC1)C(C3)C2. The topological polar surface area (TPSA) is 131 Å². The van der Waals surface area contributed by atoms with Crippen molar-refractivity contribution in [2.24, 2.45) is 46.3 Å². The van der Waals surface area contributed by atoms with Crippen molar-refractivity contribution in [1.29, 1.82) is 0 Å². The Morgan fingerprint density at radius 1 is 0.784 bits per heavy atom. The van der Waals surface area contributed by atoms with Crippen LogP contribution in [0.5, 0.6) is 0 Å². The molecule has 3 saturated heterocycles. The molecule has 11 heteroatoms. The molecule has 4 unspecified atom stereocenters. The molecule has 11 nitrogen and oxygen atoms in total. The van der Waals surface area contributed by atoms with Gasteiger partial charge in [0.05, 0.1) is 12.0 Å². The fourth-order valence-corrected chi connectivity index (χ4v) is 13.5. The maximum Gasteiger partial charge on any atom is 0.328 e. The fourth-order valence-electron chi connectivity index (χ4n) is 13.5. The van der Waals surface area contributed by atoms with E-state index >= 15 is 0 Å². The summed E-state index contributed by atoms with van der Waals surface area (Å²) in [5, 5.41) is 9.51. The summed E-state index contributed by atoms with van der Waals surface area (Å²) in [6.07, 6.45) is 17.8. The van der Waals surface area contributed by atoms with Crippen LogP contribution in [0.4, 0.5) is 9.59 Å². The van der Waals surface area contributed by atoms with E-state index in [1.54, 1.807) is 11.9 Å². The quantitative estimate of drug-likeness (QED) is 0.302. The number of rotatable bonds is 8. The van der Waals surface area contributed by atoms with Crippen molar-refractivity contribution in [3.63, 3.8) is 0 Å². The summed E-state index contributed by atoms with van der Waals surface area (Å²) >= 11 is 0. The summed E-state index contributed by atoms with van der Waals surface area (Å²) in [5.41, 5.74) is -2.76. The normalized spacial score (nSPS) is 40.6. The number of likely N-dealkylation sites (N-methyl/N-ethyl adjacent to an activating group) is 1. The van der Waals surface area contributed by atoms with E-state index < -0.39 is 16.5 Å². The minimum absolute atomic E-state index is 0.0284. The molecule has 9 fully saturated rings. The van der Waals surface area contributed by atoms with Gasteiger partial charge in [-0.2, -0.15) is 0 Å². The number of amides is 6.